The van der Waals surface area contributed by atoms with Crippen molar-refractivity contribution in [2.45, 2.75) is 13.8 Å². The SMILES string of the molecule is CC.Nc1cc(Cl)c(F)cc1F. The topological polar surface area (TPSA) is 26.0 Å². The molecule has 0 saturated heterocycles. The third kappa shape index (κ3) is 2.66. The highest BCUT2D eigenvalue weighted by Gasteiger charge is 2.04. The zero-order valence-electron chi connectivity index (χ0n) is 6.87. The Morgan fingerprint density at radius 2 is 1.67 bits per heavy atom. The van der Waals surface area contributed by atoms with E-state index in [0.29, 0.717) is 6.07 Å². The summed E-state index contributed by atoms with van der Waals surface area (Å²) >= 11 is 5.26. The Kier molecular flexibility index (Phi) is 4.59. The Morgan fingerprint density at radius 3 is 2.08 bits per heavy atom. The predicted octanol–water partition coefficient (Wildman–Crippen LogP) is 3.23. The molecule has 1 rings (SSSR count). The summed E-state index contributed by atoms with van der Waals surface area (Å²) in [5.74, 6) is -1.59. The lowest BCUT2D eigenvalue weighted by molar-refractivity contribution is 0.586. The minimum atomic E-state index is -0.798. The number of halogens is 3. The molecule has 0 saturated carbocycles. The third-order valence-electron chi connectivity index (χ3n) is 1.04. The van der Waals surface area contributed by atoms with E-state index >= 15 is 0 Å². The van der Waals surface area contributed by atoms with Crippen molar-refractivity contribution < 1.29 is 8.78 Å². The van der Waals surface area contributed by atoms with Crippen LogP contribution < -0.4 is 5.73 Å². The largest absolute Gasteiger partial charge is 0.396 e. The van der Waals surface area contributed by atoms with E-state index in [4.69, 9.17) is 17.3 Å². The van der Waals surface area contributed by atoms with E-state index in [1.165, 1.54) is 0 Å². The van der Waals surface area contributed by atoms with Crippen LogP contribution in [-0.4, -0.2) is 0 Å². The highest BCUT2D eigenvalue weighted by Crippen LogP contribution is 2.20. The Bertz CT molecular complexity index is 213. The number of nitrogen functional groups attached to an aromatic ring is 1. The first kappa shape index (κ1) is 11.2. The first-order chi connectivity index (χ1) is 5.61. The molecule has 0 radical (unpaired) electrons. The fraction of sp³-hybridized carbons (Fsp3) is 0.250. The number of rotatable bonds is 0. The quantitative estimate of drug-likeness (QED) is 0.497. The maximum atomic E-state index is 12.3. The molecular weight excluding hydrogens is 184 g/mol. The van der Waals surface area contributed by atoms with Crippen molar-refractivity contribution in [2.75, 3.05) is 5.73 Å². The lowest BCUT2D eigenvalue weighted by Crippen LogP contribution is -1.91. The lowest BCUT2D eigenvalue weighted by Gasteiger charge is -1.96. The van der Waals surface area contributed by atoms with Crippen LogP contribution in [0.5, 0.6) is 0 Å². The average molecular weight is 194 g/mol. The Balaban J connectivity index is 0.000000561. The molecule has 1 nitrogen and oxygen atoms in total. The molecule has 0 spiro atoms. The summed E-state index contributed by atoms with van der Waals surface area (Å²) in [6.45, 7) is 4.00. The summed E-state index contributed by atoms with van der Waals surface area (Å²) in [6.07, 6.45) is 0. The van der Waals surface area contributed by atoms with E-state index in [1.54, 1.807) is 0 Å². The van der Waals surface area contributed by atoms with Gasteiger partial charge >= 0.3 is 0 Å². The molecule has 0 fully saturated rings. The minimum absolute atomic E-state index is 0.147. The maximum Gasteiger partial charge on any atom is 0.149 e. The molecule has 68 valence electrons. The number of benzene rings is 1. The normalized spacial score (nSPS) is 8.75. The van der Waals surface area contributed by atoms with Gasteiger partial charge in [-0.1, -0.05) is 25.4 Å². The summed E-state index contributed by atoms with van der Waals surface area (Å²) in [4.78, 5) is 0. The lowest BCUT2D eigenvalue weighted by atomic mass is 10.3. The van der Waals surface area contributed by atoms with Crippen molar-refractivity contribution in [3.63, 3.8) is 0 Å². The molecule has 0 aliphatic rings. The highest BCUT2D eigenvalue weighted by atomic mass is 35.5. The molecule has 12 heavy (non-hydrogen) atoms. The van der Waals surface area contributed by atoms with Gasteiger partial charge in [0, 0.05) is 6.07 Å². The number of nitrogens with two attached hydrogens (primary N) is 1. The first-order valence-electron chi connectivity index (χ1n) is 3.51. The van der Waals surface area contributed by atoms with Gasteiger partial charge in [-0.3, -0.25) is 0 Å². The van der Waals surface area contributed by atoms with Crippen LogP contribution in [0.15, 0.2) is 12.1 Å². The fourth-order valence-corrected chi connectivity index (χ4v) is 0.710. The molecule has 0 bridgehead atoms. The van der Waals surface area contributed by atoms with Gasteiger partial charge in [-0.25, -0.2) is 8.78 Å². The second-order valence-corrected chi connectivity index (χ2v) is 2.20. The van der Waals surface area contributed by atoms with Gasteiger partial charge in [-0.05, 0) is 6.07 Å². The van der Waals surface area contributed by atoms with Gasteiger partial charge in [-0.2, -0.15) is 0 Å². The van der Waals surface area contributed by atoms with Crippen LogP contribution in [0.3, 0.4) is 0 Å². The van der Waals surface area contributed by atoms with Crippen LogP contribution in [-0.2, 0) is 0 Å². The van der Waals surface area contributed by atoms with Crippen LogP contribution in [0, 0.1) is 11.6 Å². The zero-order chi connectivity index (χ0) is 9.72. The average Bonchev–Trinajstić information content (AvgIpc) is 2.05. The van der Waals surface area contributed by atoms with Crippen LogP contribution in [0.4, 0.5) is 14.5 Å². The van der Waals surface area contributed by atoms with Crippen molar-refractivity contribution in [2.24, 2.45) is 0 Å². The molecule has 0 unspecified atom stereocenters. The van der Waals surface area contributed by atoms with E-state index in [9.17, 15) is 8.78 Å². The van der Waals surface area contributed by atoms with Crippen LogP contribution in [0.25, 0.3) is 0 Å². The van der Waals surface area contributed by atoms with Gasteiger partial charge in [0.1, 0.15) is 11.6 Å². The van der Waals surface area contributed by atoms with Crippen LogP contribution >= 0.6 is 11.6 Å². The molecule has 0 aliphatic heterocycles. The van der Waals surface area contributed by atoms with Crippen molar-refractivity contribution in [1.29, 1.82) is 0 Å². The van der Waals surface area contributed by atoms with Crippen molar-refractivity contribution >= 4 is 17.3 Å². The van der Waals surface area contributed by atoms with Gasteiger partial charge in [-0.15, -0.1) is 0 Å². The van der Waals surface area contributed by atoms with E-state index in [0.717, 1.165) is 6.07 Å². The number of hydrogen-bond donors (Lipinski definition) is 1. The summed E-state index contributed by atoms with van der Waals surface area (Å²) in [7, 11) is 0. The monoisotopic (exact) mass is 193 g/mol. The standard InChI is InChI=1S/C6H4ClF2N.C2H6/c7-3-1-6(10)5(9)2-4(3)8;1-2/h1-2H,10H2;1-2H3. The molecular formula is C8H10ClF2N. The van der Waals surface area contributed by atoms with Gasteiger partial charge < -0.3 is 5.73 Å². The molecule has 1 aromatic rings. The Hall–Kier alpha value is -0.830. The molecule has 0 amide bonds. The van der Waals surface area contributed by atoms with Gasteiger partial charge in [0.05, 0.1) is 10.7 Å². The minimum Gasteiger partial charge on any atom is -0.396 e. The van der Waals surface area contributed by atoms with E-state index < -0.39 is 11.6 Å². The Labute approximate surface area is 75.1 Å². The van der Waals surface area contributed by atoms with E-state index in [-0.39, 0.29) is 10.7 Å². The van der Waals surface area contributed by atoms with E-state index in [1.807, 2.05) is 13.8 Å². The summed E-state index contributed by atoms with van der Waals surface area (Å²) < 4.78 is 24.7. The summed E-state index contributed by atoms with van der Waals surface area (Å²) in [5, 5.41) is -0.168. The molecule has 0 aliphatic carbocycles. The van der Waals surface area contributed by atoms with E-state index in [2.05, 4.69) is 0 Å². The molecule has 1 aromatic carbocycles. The third-order valence-corrected chi connectivity index (χ3v) is 1.33. The molecule has 2 N–H and O–H groups in total. The first-order valence-corrected chi connectivity index (χ1v) is 3.89. The molecule has 0 heterocycles. The molecule has 0 atom stereocenters. The van der Waals surface area contributed by atoms with Crippen molar-refractivity contribution in [3.05, 3.63) is 28.8 Å². The second kappa shape index (κ2) is 4.93. The zero-order valence-corrected chi connectivity index (χ0v) is 7.62. The summed E-state index contributed by atoms with van der Waals surface area (Å²) in [5.41, 5.74) is 4.92. The van der Waals surface area contributed by atoms with Gasteiger partial charge in [0.25, 0.3) is 0 Å². The highest BCUT2D eigenvalue weighted by molar-refractivity contribution is 6.31. The Morgan fingerprint density at radius 1 is 1.17 bits per heavy atom. The summed E-state index contributed by atoms with van der Waals surface area (Å²) in [6, 6.07) is 1.68. The van der Waals surface area contributed by atoms with Gasteiger partial charge in [0.2, 0.25) is 0 Å². The second-order valence-electron chi connectivity index (χ2n) is 1.79. The fourth-order valence-electron chi connectivity index (χ4n) is 0.538. The molecule has 0 aromatic heterocycles. The maximum absolute atomic E-state index is 12.3. The number of hydrogen-bond acceptors (Lipinski definition) is 1. The predicted molar refractivity (Wildman–Crippen MR) is 47.1 cm³/mol. The van der Waals surface area contributed by atoms with Crippen LogP contribution in [0.1, 0.15) is 13.8 Å². The smallest absolute Gasteiger partial charge is 0.149 e. The molecule has 4 heteroatoms. The van der Waals surface area contributed by atoms with Crippen molar-refractivity contribution in [1.82, 2.24) is 0 Å². The van der Waals surface area contributed by atoms with Crippen LogP contribution in [0.2, 0.25) is 5.02 Å². The van der Waals surface area contributed by atoms with Crippen molar-refractivity contribution in [3.8, 4) is 0 Å². The van der Waals surface area contributed by atoms with Gasteiger partial charge in [0.15, 0.2) is 0 Å². The number of anilines is 1.